The highest BCUT2D eigenvalue weighted by molar-refractivity contribution is 7.15. The van der Waals surface area contributed by atoms with Gasteiger partial charge in [0.05, 0.1) is 4.92 Å². The van der Waals surface area contributed by atoms with Gasteiger partial charge in [-0.05, 0) is 37.9 Å². The quantitative estimate of drug-likeness (QED) is 0.603. The molecule has 0 aromatic carbocycles. The van der Waals surface area contributed by atoms with E-state index in [-0.39, 0.29) is 9.92 Å². The Morgan fingerprint density at radius 2 is 2.14 bits per heavy atom. The van der Waals surface area contributed by atoms with E-state index in [4.69, 9.17) is 0 Å². The van der Waals surface area contributed by atoms with Gasteiger partial charge in [-0.25, -0.2) is 0 Å². The van der Waals surface area contributed by atoms with Gasteiger partial charge in [-0.3, -0.25) is 10.1 Å². The zero-order valence-electron chi connectivity index (χ0n) is 7.73. The van der Waals surface area contributed by atoms with Crippen LogP contribution in [0.2, 0.25) is 0 Å². The van der Waals surface area contributed by atoms with Gasteiger partial charge in [0.1, 0.15) is 0 Å². The number of hydrogen-bond donors (Lipinski definition) is 1. The van der Waals surface area contributed by atoms with E-state index in [1.165, 1.54) is 16.2 Å². The molecule has 0 radical (unpaired) electrons. The summed E-state index contributed by atoms with van der Waals surface area (Å²) in [7, 11) is 0. The van der Waals surface area contributed by atoms with Crippen LogP contribution in [0.15, 0.2) is 12.1 Å². The average Bonchev–Trinajstić information content (AvgIpc) is 2.68. The van der Waals surface area contributed by atoms with E-state index in [9.17, 15) is 10.1 Å². The lowest BCUT2D eigenvalue weighted by Gasteiger charge is -2.20. The summed E-state index contributed by atoms with van der Waals surface area (Å²) in [5.74, 6) is 0.523. The standard InChI is InChI=1S/C9H12N2O2S/c12-11(13)9-2-1-8(14-9)7-3-5-10-6-4-7/h1-2,7,10H,3-6H2. The van der Waals surface area contributed by atoms with Crippen LogP contribution in [0.3, 0.4) is 0 Å². The second kappa shape index (κ2) is 4.06. The molecular formula is C9H12N2O2S. The van der Waals surface area contributed by atoms with Gasteiger partial charge in [0.2, 0.25) is 0 Å². The summed E-state index contributed by atoms with van der Waals surface area (Å²) in [6, 6.07) is 3.51. The third-order valence-electron chi connectivity index (χ3n) is 2.53. The van der Waals surface area contributed by atoms with Crippen molar-refractivity contribution in [2.24, 2.45) is 0 Å². The maximum absolute atomic E-state index is 10.5. The molecule has 1 aliphatic rings. The van der Waals surface area contributed by atoms with E-state index in [0.717, 1.165) is 25.9 Å². The fourth-order valence-corrected chi connectivity index (χ4v) is 2.76. The Bertz CT molecular complexity index is 331. The average molecular weight is 212 g/mol. The predicted molar refractivity (Wildman–Crippen MR) is 55.8 cm³/mol. The second-order valence-corrected chi connectivity index (χ2v) is 4.55. The summed E-state index contributed by atoms with van der Waals surface area (Å²) in [4.78, 5) is 11.4. The zero-order valence-corrected chi connectivity index (χ0v) is 8.55. The minimum absolute atomic E-state index is 0.263. The lowest BCUT2D eigenvalue weighted by molar-refractivity contribution is -0.380. The molecule has 2 heterocycles. The summed E-state index contributed by atoms with van der Waals surface area (Å²) >= 11 is 1.32. The Labute approximate surface area is 86.1 Å². The van der Waals surface area contributed by atoms with Crippen molar-refractivity contribution in [3.63, 3.8) is 0 Å². The Morgan fingerprint density at radius 3 is 2.71 bits per heavy atom. The largest absolute Gasteiger partial charge is 0.324 e. The number of nitrogens with zero attached hydrogens (tertiary/aromatic N) is 1. The highest BCUT2D eigenvalue weighted by Crippen LogP contribution is 2.34. The Kier molecular flexibility index (Phi) is 2.79. The van der Waals surface area contributed by atoms with E-state index in [0.29, 0.717) is 5.92 Å². The lowest BCUT2D eigenvalue weighted by Crippen LogP contribution is -2.26. The van der Waals surface area contributed by atoms with E-state index in [1.807, 2.05) is 6.07 Å². The molecule has 4 nitrogen and oxygen atoms in total. The Morgan fingerprint density at radius 1 is 1.43 bits per heavy atom. The van der Waals surface area contributed by atoms with Crippen LogP contribution in [0, 0.1) is 10.1 Å². The first-order valence-corrected chi connectivity index (χ1v) is 5.54. The molecule has 5 heteroatoms. The van der Waals surface area contributed by atoms with Gasteiger partial charge in [-0.15, -0.1) is 0 Å². The molecule has 1 aromatic rings. The van der Waals surface area contributed by atoms with E-state index in [1.54, 1.807) is 6.07 Å². The fraction of sp³-hybridized carbons (Fsp3) is 0.556. The molecule has 1 saturated heterocycles. The van der Waals surface area contributed by atoms with Gasteiger partial charge in [0.15, 0.2) is 0 Å². The number of nitrogens with one attached hydrogen (secondary N) is 1. The summed E-state index contributed by atoms with van der Waals surface area (Å²) in [5, 5.41) is 14.0. The van der Waals surface area contributed by atoms with Crippen molar-refractivity contribution in [3.05, 3.63) is 27.1 Å². The molecule has 0 unspecified atom stereocenters. The van der Waals surface area contributed by atoms with Crippen molar-refractivity contribution in [2.75, 3.05) is 13.1 Å². The molecule has 0 saturated carbocycles. The maximum Gasteiger partial charge on any atom is 0.324 e. The van der Waals surface area contributed by atoms with Crippen molar-refractivity contribution in [1.82, 2.24) is 5.32 Å². The Hall–Kier alpha value is -0.940. The van der Waals surface area contributed by atoms with Crippen molar-refractivity contribution in [3.8, 4) is 0 Å². The molecule has 0 amide bonds. The normalized spacial score (nSPS) is 18.3. The van der Waals surface area contributed by atoms with Gasteiger partial charge in [0, 0.05) is 10.9 Å². The fourth-order valence-electron chi connectivity index (χ4n) is 1.77. The SMILES string of the molecule is O=[N+]([O-])c1ccc(C2CCNCC2)s1. The van der Waals surface area contributed by atoms with Crippen LogP contribution < -0.4 is 5.32 Å². The van der Waals surface area contributed by atoms with Crippen LogP contribution in [0.5, 0.6) is 0 Å². The number of hydrogen-bond acceptors (Lipinski definition) is 4. The summed E-state index contributed by atoms with van der Waals surface area (Å²) in [5.41, 5.74) is 0. The Balaban J connectivity index is 2.11. The molecule has 1 fully saturated rings. The first-order valence-electron chi connectivity index (χ1n) is 4.72. The summed E-state index contributed by atoms with van der Waals surface area (Å²) in [6.45, 7) is 2.05. The van der Waals surface area contributed by atoms with Gasteiger partial charge < -0.3 is 5.32 Å². The van der Waals surface area contributed by atoms with Crippen molar-refractivity contribution < 1.29 is 4.92 Å². The minimum atomic E-state index is -0.310. The number of rotatable bonds is 2. The molecule has 0 aliphatic carbocycles. The maximum atomic E-state index is 10.5. The van der Waals surface area contributed by atoms with Crippen LogP contribution in [0.1, 0.15) is 23.6 Å². The summed E-state index contributed by atoms with van der Waals surface area (Å²) < 4.78 is 0. The number of nitro groups is 1. The van der Waals surface area contributed by atoms with Crippen molar-refractivity contribution >= 4 is 16.3 Å². The van der Waals surface area contributed by atoms with Crippen LogP contribution in [-0.4, -0.2) is 18.0 Å². The molecule has 1 N–H and O–H groups in total. The molecule has 14 heavy (non-hydrogen) atoms. The molecule has 1 aromatic heterocycles. The van der Waals surface area contributed by atoms with E-state index < -0.39 is 0 Å². The molecular weight excluding hydrogens is 200 g/mol. The van der Waals surface area contributed by atoms with Crippen LogP contribution >= 0.6 is 11.3 Å². The van der Waals surface area contributed by atoms with Crippen molar-refractivity contribution in [1.29, 1.82) is 0 Å². The monoisotopic (exact) mass is 212 g/mol. The third kappa shape index (κ3) is 1.93. The van der Waals surface area contributed by atoms with Crippen LogP contribution in [0.4, 0.5) is 5.00 Å². The zero-order chi connectivity index (χ0) is 9.97. The predicted octanol–water partition coefficient (Wildman–Crippen LogP) is 2.12. The molecule has 0 spiro atoms. The second-order valence-electron chi connectivity index (χ2n) is 3.46. The van der Waals surface area contributed by atoms with E-state index in [2.05, 4.69) is 5.32 Å². The van der Waals surface area contributed by atoms with Crippen LogP contribution in [-0.2, 0) is 0 Å². The molecule has 0 bridgehead atoms. The van der Waals surface area contributed by atoms with Gasteiger partial charge in [-0.1, -0.05) is 11.3 Å². The van der Waals surface area contributed by atoms with Crippen LogP contribution in [0.25, 0.3) is 0 Å². The molecule has 1 aliphatic heterocycles. The van der Waals surface area contributed by atoms with Gasteiger partial charge in [-0.2, -0.15) is 0 Å². The van der Waals surface area contributed by atoms with Gasteiger partial charge >= 0.3 is 5.00 Å². The smallest absolute Gasteiger partial charge is 0.317 e. The highest BCUT2D eigenvalue weighted by Gasteiger charge is 2.19. The molecule has 76 valence electrons. The van der Waals surface area contributed by atoms with E-state index >= 15 is 0 Å². The first kappa shape index (κ1) is 9.61. The highest BCUT2D eigenvalue weighted by atomic mass is 32.1. The topological polar surface area (TPSA) is 55.2 Å². The minimum Gasteiger partial charge on any atom is -0.317 e. The first-order chi connectivity index (χ1) is 6.77. The van der Waals surface area contributed by atoms with Crippen molar-refractivity contribution in [2.45, 2.75) is 18.8 Å². The molecule has 2 rings (SSSR count). The summed E-state index contributed by atoms with van der Waals surface area (Å²) in [6.07, 6.45) is 2.19. The number of piperidine rings is 1. The third-order valence-corrected chi connectivity index (χ3v) is 3.73. The number of thiophene rings is 1. The lowest BCUT2D eigenvalue weighted by atomic mass is 9.97. The van der Waals surface area contributed by atoms with Gasteiger partial charge in [0.25, 0.3) is 0 Å². The molecule has 0 atom stereocenters.